The zero-order valence-corrected chi connectivity index (χ0v) is 15.6. The summed E-state index contributed by atoms with van der Waals surface area (Å²) in [7, 11) is 0. The lowest BCUT2D eigenvalue weighted by atomic mass is 10.1. The first-order valence-corrected chi connectivity index (χ1v) is 8.69. The van der Waals surface area contributed by atoms with Crippen molar-refractivity contribution in [1.82, 2.24) is 0 Å². The molecule has 1 amide bonds. The van der Waals surface area contributed by atoms with Crippen molar-refractivity contribution < 1.29 is 23.8 Å². The van der Waals surface area contributed by atoms with E-state index >= 15 is 0 Å². The molecule has 28 heavy (non-hydrogen) atoms. The van der Waals surface area contributed by atoms with Gasteiger partial charge >= 0.3 is 5.97 Å². The highest BCUT2D eigenvalue weighted by Crippen LogP contribution is 2.37. The summed E-state index contributed by atoms with van der Waals surface area (Å²) in [5, 5.41) is 12.3. The monoisotopic (exact) mass is 398 g/mol. The van der Waals surface area contributed by atoms with Crippen LogP contribution in [0.5, 0.6) is 11.5 Å². The Morgan fingerprint density at radius 1 is 1.25 bits per heavy atom. The molecular weight excluding hydrogens is 384 g/mol. The Kier molecular flexibility index (Phi) is 5.82. The predicted octanol–water partition coefficient (Wildman–Crippen LogP) is 3.79. The van der Waals surface area contributed by atoms with Gasteiger partial charge in [0.25, 0.3) is 5.91 Å². The van der Waals surface area contributed by atoms with Crippen molar-refractivity contribution in [2.24, 2.45) is 0 Å². The first kappa shape index (κ1) is 19.3. The van der Waals surface area contributed by atoms with Gasteiger partial charge in [-0.3, -0.25) is 4.79 Å². The van der Waals surface area contributed by atoms with Crippen molar-refractivity contribution in [1.29, 1.82) is 5.26 Å². The van der Waals surface area contributed by atoms with E-state index in [1.54, 1.807) is 31.2 Å². The Balaban J connectivity index is 1.76. The van der Waals surface area contributed by atoms with Crippen LogP contribution in [0, 0.1) is 11.3 Å². The minimum atomic E-state index is -0.611. The van der Waals surface area contributed by atoms with Gasteiger partial charge in [0.15, 0.2) is 11.5 Å². The molecule has 0 fully saturated rings. The Morgan fingerprint density at radius 3 is 2.57 bits per heavy atom. The first-order chi connectivity index (χ1) is 13.5. The molecule has 0 atom stereocenters. The second kappa shape index (κ2) is 8.46. The fourth-order valence-corrected chi connectivity index (χ4v) is 2.66. The summed E-state index contributed by atoms with van der Waals surface area (Å²) in [5.74, 6) is -0.0646. The van der Waals surface area contributed by atoms with Gasteiger partial charge in [-0.2, -0.15) is 5.26 Å². The lowest BCUT2D eigenvalue weighted by molar-refractivity contribution is -0.112. The largest absolute Gasteiger partial charge is 0.462 e. The normalized spacial score (nSPS) is 12.2. The summed E-state index contributed by atoms with van der Waals surface area (Å²) < 4.78 is 15.4. The van der Waals surface area contributed by atoms with Crippen LogP contribution in [0.2, 0.25) is 5.02 Å². The number of rotatable bonds is 5. The molecule has 1 N–H and O–H groups in total. The number of nitrogens with one attached hydrogen (secondary N) is 1. The van der Waals surface area contributed by atoms with Gasteiger partial charge in [-0.25, -0.2) is 4.79 Å². The van der Waals surface area contributed by atoms with Crippen LogP contribution in [0.3, 0.4) is 0 Å². The minimum absolute atomic E-state index is 0.0895. The molecule has 142 valence electrons. The Hall–Kier alpha value is -3.50. The molecule has 0 saturated heterocycles. The van der Waals surface area contributed by atoms with Gasteiger partial charge in [-0.1, -0.05) is 11.6 Å². The quantitative estimate of drug-likeness (QED) is 0.467. The number of carbonyl (C=O) groups excluding carboxylic acids is 2. The molecule has 3 rings (SSSR count). The maximum absolute atomic E-state index is 12.4. The smallest absolute Gasteiger partial charge is 0.338 e. The van der Waals surface area contributed by atoms with E-state index < -0.39 is 11.9 Å². The van der Waals surface area contributed by atoms with Gasteiger partial charge in [-0.15, -0.1) is 0 Å². The number of fused-ring (bicyclic) bond motifs is 1. The number of hydrogen-bond acceptors (Lipinski definition) is 6. The van der Waals surface area contributed by atoms with Crippen molar-refractivity contribution >= 4 is 35.2 Å². The van der Waals surface area contributed by atoms with E-state index in [1.807, 2.05) is 6.07 Å². The summed E-state index contributed by atoms with van der Waals surface area (Å²) >= 11 is 6.18. The lowest BCUT2D eigenvalue weighted by Gasteiger charge is -2.07. The number of halogens is 1. The van der Waals surface area contributed by atoms with E-state index in [1.165, 1.54) is 18.2 Å². The molecule has 0 unspecified atom stereocenters. The van der Waals surface area contributed by atoms with Crippen molar-refractivity contribution in [3.63, 3.8) is 0 Å². The zero-order chi connectivity index (χ0) is 20.1. The van der Waals surface area contributed by atoms with Gasteiger partial charge in [-0.05, 0) is 48.9 Å². The second-order valence-electron chi connectivity index (χ2n) is 5.65. The average molecular weight is 399 g/mol. The summed E-state index contributed by atoms with van der Waals surface area (Å²) in [5.41, 5.74) is 1.10. The maximum Gasteiger partial charge on any atom is 0.338 e. The molecular formula is C20H15ClN2O5. The molecule has 0 radical (unpaired) electrons. The molecule has 2 aromatic carbocycles. The Bertz CT molecular complexity index is 993. The number of hydrogen-bond donors (Lipinski definition) is 1. The maximum atomic E-state index is 12.4. The van der Waals surface area contributed by atoms with Gasteiger partial charge in [0.05, 0.1) is 17.2 Å². The highest BCUT2D eigenvalue weighted by molar-refractivity contribution is 6.32. The molecule has 0 spiro atoms. The van der Waals surface area contributed by atoms with Gasteiger partial charge in [0.1, 0.15) is 11.6 Å². The molecule has 2 aromatic rings. The summed E-state index contributed by atoms with van der Waals surface area (Å²) in [6.07, 6.45) is 1.37. The number of benzene rings is 2. The zero-order valence-electron chi connectivity index (χ0n) is 14.8. The number of carbonyl (C=O) groups is 2. The number of anilines is 1. The van der Waals surface area contributed by atoms with Crippen LogP contribution in [0.1, 0.15) is 22.8 Å². The summed E-state index contributed by atoms with van der Waals surface area (Å²) in [6, 6.07) is 11.2. The van der Waals surface area contributed by atoms with Crippen LogP contribution >= 0.6 is 11.6 Å². The number of nitriles is 1. The highest BCUT2D eigenvalue weighted by atomic mass is 35.5. The van der Waals surface area contributed by atoms with Crippen LogP contribution in [0.4, 0.5) is 5.69 Å². The minimum Gasteiger partial charge on any atom is -0.462 e. The molecule has 0 saturated carbocycles. The highest BCUT2D eigenvalue weighted by Gasteiger charge is 2.17. The van der Waals surface area contributed by atoms with Crippen LogP contribution in [0.15, 0.2) is 42.0 Å². The molecule has 1 heterocycles. The predicted molar refractivity (Wildman–Crippen MR) is 102 cm³/mol. The third-order valence-electron chi connectivity index (χ3n) is 3.81. The van der Waals surface area contributed by atoms with E-state index in [0.29, 0.717) is 33.3 Å². The second-order valence-corrected chi connectivity index (χ2v) is 6.06. The van der Waals surface area contributed by atoms with Crippen LogP contribution in [-0.2, 0) is 9.53 Å². The third-order valence-corrected chi connectivity index (χ3v) is 4.14. The number of amides is 1. The Labute approximate surface area is 166 Å². The Morgan fingerprint density at radius 2 is 1.93 bits per heavy atom. The van der Waals surface area contributed by atoms with E-state index in [4.69, 9.17) is 25.8 Å². The molecule has 7 nitrogen and oxygen atoms in total. The van der Waals surface area contributed by atoms with E-state index in [-0.39, 0.29) is 19.0 Å². The fourth-order valence-electron chi connectivity index (χ4n) is 2.45. The molecule has 1 aliphatic rings. The van der Waals surface area contributed by atoms with Gasteiger partial charge in [0.2, 0.25) is 6.79 Å². The van der Waals surface area contributed by atoms with Crippen molar-refractivity contribution in [2.45, 2.75) is 6.92 Å². The molecule has 0 aliphatic carbocycles. The van der Waals surface area contributed by atoms with E-state index in [2.05, 4.69) is 5.32 Å². The van der Waals surface area contributed by atoms with Crippen LogP contribution < -0.4 is 14.8 Å². The van der Waals surface area contributed by atoms with E-state index in [0.717, 1.165) is 0 Å². The number of nitrogens with zero attached hydrogens (tertiary/aromatic N) is 1. The molecule has 1 aliphatic heterocycles. The van der Waals surface area contributed by atoms with Crippen molar-refractivity contribution in [2.75, 3.05) is 18.7 Å². The van der Waals surface area contributed by atoms with Crippen molar-refractivity contribution in [3.05, 3.63) is 58.1 Å². The lowest BCUT2D eigenvalue weighted by Crippen LogP contribution is -2.13. The standard InChI is InChI=1S/C20H15ClN2O5/c1-2-26-20(25)12-3-5-15(6-4-12)23-19(24)14(10-22)7-13-8-17-18(9-16(13)21)28-11-27-17/h3-9H,2,11H2,1H3,(H,23,24)/b14-7+. The molecule has 0 bridgehead atoms. The molecule has 0 aromatic heterocycles. The van der Waals surface area contributed by atoms with Gasteiger partial charge < -0.3 is 19.5 Å². The topological polar surface area (TPSA) is 97.7 Å². The average Bonchev–Trinajstić information content (AvgIpc) is 3.13. The van der Waals surface area contributed by atoms with Crippen LogP contribution in [-0.4, -0.2) is 25.3 Å². The van der Waals surface area contributed by atoms with Gasteiger partial charge in [0, 0.05) is 11.8 Å². The fraction of sp³-hybridized carbons (Fsp3) is 0.150. The summed E-state index contributed by atoms with van der Waals surface area (Å²) in [6.45, 7) is 2.08. The van der Waals surface area contributed by atoms with Crippen LogP contribution in [0.25, 0.3) is 6.08 Å². The SMILES string of the molecule is CCOC(=O)c1ccc(NC(=O)/C(C#N)=C/c2cc3c(cc2Cl)OCO3)cc1. The third kappa shape index (κ3) is 4.24. The number of esters is 1. The van der Waals surface area contributed by atoms with Crippen molar-refractivity contribution in [3.8, 4) is 17.6 Å². The van der Waals surface area contributed by atoms with E-state index in [9.17, 15) is 14.9 Å². The number of ether oxygens (including phenoxy) is 3. The summed E-state index contributed by atoms with van der Waals surface area (Å²) in [4.78, 5) is 24.1. The first-order valence-electron chi connectivity index (χ1n) is 8.31. The molecule has 8 heteroatoms.